The summed E-state index contributed by atoms with van der Waals surface area (Å²) < 4.78 is 5.37. The maximum atomic E-state index is 13.9. The van der Waals surface area contributed by atoms with Gasteiger partial charge in [0.05, 0.1) is 19.7 Å². The number of hydrogen-bond donors (Lipinski definition) is 0. The number of benzene rings is 3. The van der Waals surface area contributed by atoms with Crippen molar-refractivity contribution in [1.82, 2.24) is 4.90 Å². The zero-order valence-corrected chi connectivity index (χ0v) is 18.5. The summed E-state index contributed by atoms with van der Waals surface area (Å²) in [5.41, 5.74) is 3.98. The molecule has 1 heterocycles. The van der Waals surface area contributed by atoms with E-state index in [0.717, 1.165) is 11.1 Å². The van der Waals surface area contributed by atoms with E-state index in [9.17, 15) is 4.79 Å². The van der Waals surface area contributed by atoms with Crippen molar-refractivity contribution in [2.24, 2.45) is 0 Å². The first-order chi connectivity index (χ1) is 15.2. The summed E-state index contributed by atoms with van der Waals surface area (Å²) in [4.78, 5) is 17.1. The Morgan fingerprint density at radius 2 is 1.55 bits per heavy atom. The Labute approximate surface area is 187 Å². The molecule has 3 aromatic carbocycles. The third kappa shape index (κ3) is 4.70. The Balaban J connectivity index is 1.84. The van der Waals surface area contributed by atoms with Gasteiger partial charge in [0.25, 0.3) is 5.91 Å². The van der Waals surface area contributed by atoms with Gasteiger partial charge >= 0.3 is 0 Å². The van der Waals surface area contributed by atoms with Crippen molar-refractivity contribution in [2.75, 3.05) is 7.11 Å². The molecule has 0 atom stereocenters. The highest BCUT2D eigenvalue weighted by molar-refractivity contribution is 7.10. The van der Waals surface area contributed by atoms with Gasteiger partial charge in [-0.25, -0.2) is 0 Å². The van der Waals surface area contributed by atoms with Gasteiger partial charge in [-0.05, 0) is 53.3 Å². The maximum absolute atomic E-state index is 13.9. The van der Waals surface area contributed by atoms with Gasteiger partial charge in [-0.1, -0.05) is 66.7 Å². The molecule has 0 spiro atoms. The lowest BCUT2D eigenvalue weighted by Crippen LogP contribution is -2.35. The lowest BCUT2D eigenvalue weighted by atomic mass is 9.96. The molecule has 156 valence electrons. The van der Waals surface area contributed by atoms with Crippen molar-refractivity contribution in [3.63, 3.8) is 0 Å². The maximum Gasteiger partial charge on any atom is 0.255 e. The molecule has 0 unspecified atom stereocenters. The molecule has 1 aromatic heterocycles. The van der Waals surface area contributed by atoms with E-state index in [-0.39, 0.29) is 11.9 Å². The summed E-state index contributed by atoms with van der Waals surface area (Å²) in [5, 5.41) is 2.08. The van der Waals surface area contributed by atoms with Gasteiger partial charge in [0.15, 0.2) is 0 Å². The van der Waals surface area contributed by atoms with Crippen molar-refractivity contribution in [3.8, 4) is 5.75 Å². The molecular formula is C27H25NO2S. The first-order valence-electron chi connectivity index (χ1n) is 10.3. The first-order valence-corrected chi connectivity index (χ1v) is 11.1. The van der Waals surface area contributed by atoms with Crippen LogP contribution in [0.2, 0.25) is 0 Å². The Morgan fingerprint density at radius 1 is 0.903 bits per heavy atom. The number of thiophene rings is 1. The Hall–Kier alpha value is -3.37. The van der Waals surface area contributed by atoms with E-state index in [0.29, 0.717) is 17.9 Å². The van der Waals surface area contributed by atoms with Gasteiger partial charge in [-0.3, -0.25) is 4.79 Å². The minimum Gasteiger partial charge on any atom is -0.497 e. The minimum atomic E-state index is -0.206. The molecule has 1 amide bonds. The number of methoxy groups -OCH3 is 1. The predicted octanol–water partition coefficient (Wildman–Crippen LogP) is 6.50. The summed E-state index contributed by atoms with van der Waals surface area (Å²) in [6.45, 7) is 2.63. The molecule has 0 fully saturated rings. The van der Waals surface area contributed by atoms with E-state index in [1.54, 1.807) is 18.4 Å². The van der Waals surface area contributed by atoms with E-state index < -0.39 is 0 Å². The van der Waals surface area contributed by atoms with E-state index in [1.807, 2.05) is 65.6 Å². The van der Waals surface area contributed by atoms with Crippen LogP contribution in [0.25, 0.3) is 0 Å². The molecular weight excluding hydrogens is 402 g/mol. The second-order valence-electron chi connectivity index (χ2n) is 7.42. The fraction of sp³-hybridized carbons (Fsp3) is 0.148. The van der Waals surface area contributed by atoms with Crippen molar-refractivity contribution in [1.29, 1.82) is 0 Å². The number of nitrogens with zero attached hydrogens (tertiary/aromatic N) is 1. The van der Waals surface area contributed by atoms with Gasteiger partial charge in [-0.15, -0.1) is 11.3 Å². The monoisotopic (exact) mass is 427 g/mol. The van der Waals surface area contributed by atoms with Crippen LogP contribution >= 0.6 is 11.3 Å². The lowest BCUT2D eigenvalue weighted by Gasteiger charge is -2.33. The number of rotatable bonds is 7. The fourth-order valence-electron chi connectivity index (χ4n) is 3.75. The Morgan fingerprint density at radius 3 is 2.10 bits per heavy atom. The second kappa shape index (κ2) is 9.63. The Bertz CT molecular complexity index is 1100. The molecule has 0 aliphatic rings. The molecule has 0 aliphatic heterocycles. The molecule has 3 nitrogen and oxygen atoms in total. The molecule has 0 aliphatic carbocycles. The number of amides is 1. The normalized spacial score (nSPS) is 10.8. The van der Waals surface area contributed by atoms with Crippen LogP contribution in [0, 0.1) is 6.92 Å². The number of aryl methyl sites for hydroxylation is 1. The van der Waals surface area contributed by atoms with Crippen LogP contribution in [-0.2, 0) is 6.54 Å². The zero-order valence-electron chi connectivity index (χ0n) is 17.7. The quantitative estimate of drug-likeness (QED) is 0.337. The molecule has 0 saturated heterocycles. The van der Waals surface area contributed by atoms with Gasteiger partial charge < -0.3 is 9.64 Å². The van der Waals surface area contributed by atoms with Crippen LogP contribution in [0.4, 0.5) is 0 Å². The number of carbonyl (C=O) groups is 1. The molecule has 4 rings (SSSR count). The first kappa shape index (κ1) is 20.9. The zero-order chi connectivity index (χ0) is 21.6. The van der Waals surface area contributed by atoms with Gasteiger partial charge in [-0.2, -0.15) is 0 Å². The van der Waals surface area contributed by atoms with Crippen LogP contribution in [0.5, 0.6) is 5.75 Å². The minimum absolute atomic E-state index is 0.0237. The third-order valence-corrected chi connectivity index (χ3v) is 6.41. The van der Waals surface area contributed by atoms with Crippen LogP contribution in [0.15, 0.2) is 96.4 Å². The van der Waals surface area contributed by atoms with Crippen LogP contribution in [-0.4, -0.2) is 17.9 Å². The van der Waals surface area contributed by atoms with E-state index in [1.165, 1.54) is 10.4 Å². The summed E-state index contributed by atoms with van der Waals surface area (Å²) >= 11 is 1.69. The van der Waals surface area contributed by atoms with Crippen molar-refractivity contribution < 1.29 is 9.53 Å². The molecule has 4 aromatic rings. The average Bonchev–Trinajstić information content (AvgIpc) is 3.24. The van der Waals surface area contributed by atoms with E-state index in [2.05, 4.69) is 42.6 Å². The SMILES string of the molecule is COc1cccc(C(=O)N(Cc2sccc2C)C(c2ccccc2)c2ccccc2)c1. The average molecular weight is 428 g/mol. The van der Waals surface area contributed by atoms with Crippen molar-refractivity contribution >= 4 is 17.2 Å². The number of hydrogen-bond acceptors (Lipinski definition) is 3. The van der Waals surface area contributed by atoms with Crippen LogP contribution < -0.4 is 4.74 Å². The van der Waals surface area contributed by atoms with Gasteiger partial charge in [0, 0.05) is 10.4 Å². The van der Waals surface area contributed by atoms with Crippen LogP contribution in [0.1, 0.15) is 38.0 Å². The summed E-state index contributed by atoms with van der Waals surface area (Å²) in [6.07, 6.45) is 0. The highest BCUT2D eigenvalue weighted by Crippen LogP contribution is 2.33. The molecule has 0 N–H and O–H groups in total. The largest absolute Gasteiger partial charge is 0.497 e. The number of carbonyl (C=O) groups excluding carboxylic acids is 1. The van der Waals surface area contributed by atoms with Crippen molar-refractivity contribution in [3.05, 3.63) is 124 Å². The Kier molecular flexibility index (Phi) is 6.48. The molecule has 0 radical (unpaired) electrons. The van der Waals surface area contributed by atoms with Gasteiger partial charge in [0.1, 0.15) is 5.75 Å². The second-order valence-corrected chi connectivity index (χ2v) is 8.42. The van der Waals surface area contributed by atoms with E-state index >= 15 is 0 Å². The third-order valence-electron chi connectivity index (χ3n) is 5.40. The van der Waals surface area contributed by atoms with Crippen LogP contribution in [0.3, 0.4) is 0 Å². The fourth-order valence-corrected chi connectivity index (χ4v) is 4.65. The lowest BCUT2D eigenvalue weighted by molar-refractivity contribution is 0.0692. The van der Waals surface area contributed by atoms with E-state index in [4.69, 9.17) is 4.74 Å². The standard InChI is InChI=1S/C27H25NO2S/c1-20-16-17-31-25(20)19-28(27(29)23-14-9-15-24(18-23)30-2)26(21-10-5-3-6-11-21)22-12-7-4-8-13-22/h3-18,26H,19H2,1-2H3. The highest BCUT2D eigenvalue weighted by Gasteiger charge is 2.28. The summed E-state index contributed by atoms with van der Waals surface area (Å²) in [6, 6.07) is 29.7. The smallest absolute Gasteiger partial charge is 0.255 e. The summed E-state index contributed by atoms with van der Waals surface area (Å²) in [5.74, 6) is 0.651. The number of ether oxygens (including phenoxy) is 1. The van der Waals surface area contributed by atoms with Crippen molar-refractivity contribution in [2.45, 2.75) is 19.5 Å². The highest BCUT2D eigenvalue weighted by atomic mass is 32.1. The molecule has 31 heavy (non-hydrogen) atoms. The van der Waals surface area contributed by atoms with Gasteiger partial charge in [0.2, 0.25) is 0 Å². The molecule has 0 bridgehead atoms. The topological polar surface area (TPSA) is 29.5 Å². The molecule has 0 saturated carbocycles. The molecule has 4 heteroatoms. The predicted molar refractivity (Wildman–Crippen MR) is 127 cm³/mol. The summed E-state index contributed by atoms with van der Waals surface area (Å²) in [7, 11) is 1.62.